The summed E-state index contributed by atoms with van der Waals surface area (Å²) in [5.74, 6) is 1.53. The van der Waals surface area contributed by atoms with Crippen LogP contribution in [0.3, 0.4) is 0 Å². The Morgan fingerprint density at radius 1 is 1.25 bits per heavy atom. The molecule has 0 aliphatic carbocycles. The van der Waals surface area contributed by atoms with Crippen LogP contribution in [0.25, 0.3) is 22.6 Å². The maximum absolute atomic E-state index is 12.7. The number of benzene rings is 2. The van der Waals surface area contributed by atoms with Crippen LogP contribution in [0.1, 0.15) is 17.8 Å². The second kappa shape index (κ2) is 5.53. The van der Waals surface area contributed by atoms with E-state index in [2.05, 4.69) is 4.98 Å². The van der Waals surface area contributed by atoms with Gasteiger partial charge in [0.25, 0.3) is 5.56 Å². The second-order valence-electron chi connectivity index (χ2n) is 5.83. The van der Waals surface area contributed by atoms with Crippen molar-refractivity contribution in [2.45, 2.75) is 13.0 Å². The number of nitrogens with two attached hydrogens (primary N) is 1. The van der Waals surface area contributed by atoms with Gasteiger partial charge in [-0.15, -0.1) is 0 Å². The number of methoxy groups -OCH3 is 1. The Morgan fingerprint density at radius 2 is 2.08 bits per heavy atom. The Balaban J connectivity index is 1.90. The number of hydrogen-bond donors (Lipinski definition) is 1. The van der Waals surface area contributed by atoms with E-state index in [1.54, 1.807) is 29.9 Å². The Morgan fingerprint density at radius 3 is 2.92 bits per heavy atom. The zero-order valence-corrected chi connectivity index (χ0v) is 13.3. The highest BCUT2D eigenvalue weighted by atomic mass is 16.5. The molecule has 0 atom stereocenters. The number of rotatable bonds is 2. The minimum atomic E-state index is -0.0364. The minimum absolute atomic E-state index is 0.0364. The lowest BCUT2D eigenvalue weighted by atomic mass is 10.1. The molecule has 0 bridgehead atoms. The van der Waals surface area contributed by atoms with Gasteiger partial charge in [-0.3, -0.25) is 9.36 Å². The van der Waals surface area contributed by atoms with Crippen LogP contribution < -0.4 is 16.0 Å². The summed E-state index contributed by atoms with van der Waals surface area (Å²) < 4.78 is 7.13. The average Bonchev–Trinajstić information content (AvgIpc) is 2.99. The molecule has 4 rings (SSSR count). The van der Waals surface area contributed by atoms with Crippen LogP contribution in [0.4, 0.5) is 5.69 Å². The van der Waals surface area contributed by atoms with E-state index in [0.29, 0.717) is 23.1 Å². The van der Waals surface area contributed by atoms with Crippen molar-refractivity contribution in [2.24, 2.45) is 0 Å². The highest BCUT2D eigenvalue weighted by molar-refractivity contribution is 5.86. The van der Waals surface area contributed by atoms with Gasteiger partial charge in [-0.1, -0.05) is 18.2 Å². The quantitative estimate of drug-likeness (QED) is 0.737. The molecule has 0 unspecified atom stereocenters. The van der Waals surface area contributed by atoms with Gasteiger partial charge >= 0.3 is 0 Å². The maximum Gasteiger partial charge on any atom is 0.261 e. The Bertz CT molecular complexity index is 1030. The molecule has 24 heavy (non-hydrogen) atoms. The smallest absolute Gasteiger partial charge is 0.261 e. The highest BCUT2D eigenvalue weighted by Gasteiger charge is 2.21. The van der Waals surface area contributed by atoms with Gasteiger partial charge in [0.2, 0.25) is 0 Å². The van der Waals surface area contributed by atoms with Crippen molar-refractivity contribution >= 4 is 28.2 Å². The fourth-order valence-electron chi connectivity index (χ4n) is 3.15. The number of nitrogens with zero attached hydrogens (tertiary/aromatic N) is 2. The molecule has 1 aromatic heterocycles. The van der Waals surface area contributed by atoms with Crippen LogP contribution in [-0.4, -0.2) is 16.7 Å². The monoisotopic (exact) mass is 319 g/mol. The lowest BCUT2D eigenvalue weighted by molar-refractivity contribution is 0.414. The van der Waals surface area contributed by atoms with Gasteiger partial charge < -0.3 is 10.5 Å². The normalized spacial score (nSPS) is 15.0. The summed E-state index contributed by atoms with van der Waals surface area (Å²) in [5, 5.41) is 0.567. The molecule has 5 heteroatoms. The first-order chi connectivity index (χ1) is 11.7. The molecule has 0 fully saturated rings. The summed E-state index contributed by atoms with van der Waals surface area (Å²) in [6, 6.07) is 13.1. The molecule has 3 aromatic rings. The van der Waals surface area contributed by atoms with Crippen molar-refractivity contribution in [2.75, 3.05) is 12.8 Å². The molecular weight excluding hydrogens is 302 g/mol. The minimum Gasteiger partial charge on any atom is -0.496 e. The van der Waals surface area contributed by atoms with Crippen LogP contribution >= 0.6 is 0 Å². The number of allylic oxidation sites excluding steroid dienone is 1. The molecule has 0 radical (unpaired) electrons. The van der Waals surface area contributed by atoms with Gasteiger partial charge in [0.05, 0.1) is 18.0 Å². The zero-order valence-electron chi connectivity index (χ0n) is 13.3. The molecule has 0 saturated carbocycles. The maximum atomic E-state index is 12.7. The van der Waals surface area contributed by atoms with Gasteiger partial charge in [-0.25, -0.2) is 4.98 Å². The Labute approximate surface area is 139 Å². The lowest BCUT2D eigenvalue weighted by Crippen LogP contribution is -2.20. The molecule has 2 N–H and O–H groups in total. The number of hydrogen-bond acceptors (Lipinski definition) is 4. The van der Waals surface area contributed by atoms with Crippen molar-refractivity contribution in [3.8, 4) is 5.75 Å². The summed E-state index contributed by atoms with van der Waals surface area (Å²) >= 11 is 0. The molecule has 2 aromatic carbocycles. The van der Waals surface area contributed by atoms with E-state index in [0.717, 1.165) is 29.1 Å². The number of fused-ring (bicyclic) bond motifs is 2. The standard InChI is InChI=1S/C19H17N3O2/c1-24-17-5-3-2-4-12(17)10-13-8-9-22-18(13)21-16-7-6-14(20)11-15(16)19(22)23/h2-7,10-11H,8-9,20H2,1H3. The van der Waals surface area contributed by atoms with E-state index < -0.39 is 0 Å². The first-order valence-corrected chi connectivity index (χ1v) is 7.81. The first-order valence-electron chi connectivity index (χ1n) is 7.81. The fourth-order valence-corrected chi connectivity index (χ4v) is 3.15. The third-order valence-electron chi connectivity index (χ3n) is 4.34. The van der Waals surface area contributed by atoms with Gasteiger partial charge in [0.1, 0.15) is 11.6 Å². The lowest BCUT2D eigenvalue weighted by Gasteiger charge is -2.07. The number of ether oxygens (including phenoxy) is 1. The molecule has 120 valence electrons. The Kier molecular flexibility index (Phi) is 3.34. The fraction of sp³-hybridized carbons (Fsp3) is 0.158. The van der Waals surface area contributed by atoms with Crippen molar-refractivity contribution in [3.63, 3.8) is 0 Å². The topological polar surface area (TPSA) is 70.1 Å². The molecule has 5 nitrogen and oxygen atoms in total. The highest BCUT2D eigenvalue weighted by Crippen LogP contribution is 2.30. The van der Waals surface area contributed by atoms with Crippen LogP contribution in [0.2, 0.25) is 0 Å². The molecule has 2 heterocycles. The van der Waals surface area contributed by atoms with Gasteiger partial charge in [0.15, 0.2) is 0 Å². The summed E-state index contributed by atoms with van der Waals surface area (Å²) in [7, 11) is 1.65. The van der Waals surface area contributed by atoms with E-state index in [-0.39, 0.29) is 5.56 Å². The van der Waals surface area contributed by atoms with E-state index in [4.69, 9.17) is 10.5 Å². The van der Waals surface area contributed by atoms with Crippen LogP contribution in [0.5, 0.6) is 5.75 Å². The van der Waals surface area contributed by atoms with E-state index in [1.165, 1.54) is 0 Å². The molecule has 0 amide bonds. The van der Waals surface area contributed by atoms with Crippen LogP contribution in [0.15, 0.2) is 47.3 Å². The Hall–Kier alpha value is -3.08. The molecule has 0 spiro atoms. The third kappa shape index (κ3) is 2.25. The number of para-hydroxylation sites is 1. The molecule has 1 aliphatic heterocycles. The van der Waals surface area contributed by atoms with E-state index in [9.17, 15) is 4.79 Å². The average molecular weight is 319 g/mol. The largest absolute Gasteiger partial charge is 0.496 e. The van der Waals surface area contributed by atoms with Crippen molar-refractivity contribution in [1.82, 2.24) is 9.55 Å². The summed E-state index contributed by atoms with van der Waals surface area (Å²) in [6.07, 6.45) is 2.82. The SMILES string of the molecule is COc1ccccc1C=C1CCn2c1nc1ccc(N)cc1c2=O. The van der Waals surface area contributed by atoms with Crippen LogP contribution in [0, 0.1) is 0 Å². The number of aromatic nitrogens is 2. The zero-order chi connectivity index (χ0) is 16.7. The van der Waals surface area contributed by atoms with Crippen molar-refractivity contribution in [1.29, 1.82) is 0 Å². The summed E-state index contributed by atoms with van der Waals surface area (Å²) in [5.41, 5.74) is 9.03. The van der Waals surface area contributed by atoms with Gasteiger partial charge in [-0.05, 0) is 42.3 Å². The van der Waals surface area contributed by atoms with Gasteiger partial charge in [0, 0.05) is 17.8 Å². The first kappa shape index (κ1) is 14.5. The van der Waals surface area contributed by atoms with Crippen molar-refractivity contribution in [3.05, 3.63) is 64.2 Å². The predicted molar refractivity (Wildman–Crippen MR) is 95.9 cm³/mol. The van der Waals surface area contributed by atoms with Gasteiger partial charge in [-0.2, -0.15) is 0 Å². The summed E-state index contributed by atoms with van der Waals surface area (Å²) in [6.45, 7) is 0.632. The van der Waals surface area contributed by atoms with E-state index >= 15 is 0 Å². The molecule has 0 saturated heterocycles. The summed E-state index contributed by atoms with van der Waals surface area (Å²) in [4.78, 5) is 17.4. The molecular formula is C19H17N3O2. The number of anilines is 1. The third-order valence-corrected chi connectivity index (χ3v) is 4.34. The molecule has 1 aliphatic rings. The predicted octanol–water partition coefficient (Wildman–Crippen LogP) is 2.93. The van der Waals surface area contributed by atoms with E-state index in [1.807, 2.05) is 30.3 Å². The second-order valence-corrected chi connectivity index (χ2v) is 5.83. The van der Waals surface area contributed by atoms with Crippen LogP contribution in [-0.2, 0) is 6.54 Å². The number of nitrogen functional groups attached to an aromatic ring is 1. The van der Waals surface area contributed by atoms with Crippen molar-refractivity contribution < 1.29 is 4.74 Å².